The van der Waals surface area contributed by atoms with Gasteiger partial charge in [-0.1, -0.05) is 14.4 Å². The van der Waals surface area contributed by atoms with Crippen LogP contribution in [0, 0.1) is 27.7 Å². The van der Waals surface area contributed by atoms with Gasteiger partial charge in [-0.25, -0.2) is 18.2 Å². The first-order chi connectivity index (χ1) is 7.40. The van der Waals surface area contributed by atoms with E-state index in [0.29, 0.717) is 0 Å². The van der Waals surface area contributed by atoms with E-state index in [1.807, 2.05) is 52.0 Å². The van der Waals surface area contributed by atoms with E-state index >= 15 is 0 Å². The van der Waals surface area contributed by atoms with Crippen LogP contribution in [-0.2, 0) is 65.4 Å². The summed E-state index contributed by atoms with van der Waals surface area (Å²) in [6, 6.07) is 0. The van der Waals surface area contributed by atoms with Gasteiger partial charge in [0, 0.05) is 65.4 Å². The molecule has 0 nitrogen and oxygen atoms in total. The van der Waals surface area contributed by atoms with Crippen LogP contribution in [0.15, 0.2) is 46.6 Å². The molecule has 0 N–H and O–H groups in total. The van der Waals surface area contributed by atoms with Crippen LogP contribution in [0.5, 0.6) is 0 Å². The summed E-state index contributed by atoms with van der Waals surface area (Å²) >= 11 is 0. The van der Waals surface area contributed by atoms with Crippen molar-refractivity contribution in [2.24, 2.45) is 0 Å². The van der Waals surface area contributed by atoms with Gasteiger partial charge in [-0.3, -0.25) is 27.7 Å². The molecule has 0 saturated carbocycles. The molecule has 0 fully saturated rings. The van der Waals surface area contributed by atoms with Gasteiger partial charge in [-0.05, 0) is 0 Å². The molecule has 0 aliphatic heterocycles. The molecule has 0 unspecified atom stereocenters. The fourth-order valence-corrected chi connectivity index (χ4v) is 0.714. The Balaban J connectivity index is -0.0000000594. The molecule has 0 bridgehead atoms. The molecule has 2 radical (unpaired) electrons. The Hall–Kier alpha value is 0.648. The van der Waals surface area contributed by atoms with Crippen LogP contribution in [0.4, 0.5) is 0 Å². The monoisotopic (exact) mass is 410 g/mol. The van der Waals surface area contributed by atoms with Crippen LogP contribution >= 0.6 is 0 Å². The molecule has 0 aliphatic rings. The molecule has 0 aromatic heterocycles. The molecule has 0 spiro atoms. The second-order valence-corrected chi connectivity index (χ2v) is 3.43. The molecular formula is C17H28Y2-4. The summed E-state index contributed by atoms with van der Waals surface area (Å²) in [5.41, 5.74) is 4.05. The maximum atomic E-state index is 3.76. The molecule has 0 rings (SSSR count). The van der Waals surface area contributed by atoms with Gasteiger partial charge in [-0.2, -0.15) is 6.08 Å². The van der Waals surface area contributed by atoms with Gasteiger partial charge < -0.3 is 22.3 Å². The van der Waals surface area contributed by atoms with Gasteiger partial charge in [0.2, 0.25) is 0 Å². The Morgan fingerprint density at radius 2 is 1.11 bits per heavy atom. The zero-order valence-corrected chi connectivity index (χ0v) is 18.0. The third kappa shape index (κ3) is 21.1. The van der Waals surface area contributed by atoms with E-state index in [4.69, 9.17) is 0 Å². The smallest absolute Gasteiger partial charge is 0 e. The molecule has 0 aromatic rings. The molecule has 0 aliphatic carbocycles. The molecule has 0 heterocycles. The first-order valence-corrected chi connectivity index (χ1v) is 5.35. The topological polar surface area (TPSA) is 0 Å². The standard InChI is InChI=1S/2C8H12.CH4.2Y/c1-5-6-8(4)7(2)3;1-5-7(3)8(4)6-2;;;/h5-6H,2,4H2,1,3H3;5-6H,3-4H2,1-2H3;1H4;;/q2*-2;;;/b6-5-,8-7?;7-5-,8-6-;;;. The van der Waals surface area contributed by atoms with E-state index in [0.717, 1.165) is 22.3 Å². The minimum atomic E-state index is 0. The van der Waals surface area contributed by atoms with E-state index in [1.165, 1.54) is 0 Å². The molecule has 0 aromatic carbocycles. The summed E-state index contributed by atoms with van der Waals surface area (Å²) in [6.45, 7) is 22.8. The largest absolute Gasteiger partial charge is 0.345 e. The number of hydrogen-bond donors (Lipinski definition) is 0. The first-order valence-electron chi connectivity index (χ1n) is 5.35. The summed E-state index contributed by atoms with van der Waals surface area (Å²) in [6.07, 6.45) is 7.80. The van der Waals surface area contributed by atoms with Crippen molar-refractivity contribution < 1.29 is 65.4 Å². The van der Waals surface area contributed by atoms with E-state index in [2.05, 4.69) is 27.7 Å². The van der Waals surface area contributed by atoms with Crippen LogP contribution in [0.1, 0.15) is 35.1 Å². The van der Waals surface area contributed by atoms with Crippen LogP contribution in [0.3, 0.4) is 0 Å². The molecule has 0 saturated heterocycles. The number of hydrogen-bond acceptors (Lipinski definition) is 0. The molecular weight excluding hydrogens is 382 g/mol. The molecule has 106 valence electrons. The van der Waals surface area contributed by atoms with Crippen molar-refractivity contribution in [3.05, 3.63) is 74.3 Å². The zero-order valence-electron chi connectivity index (χ0n) is 12.3. The number of rotatable bonds is 2. The van der Waals surface area contributed by atoms with Crippen molar-refractivity contribution in [2.75, 3.05) is 0 Å². The van der Waals surface area contributed by atoms with Gasteiger partial charge in [-0.15, -0.1) is 20.8 Å². The van der Waals surface area contributed by atoms with Crippen molar-refractivity contribution in [2.45, 2.75) is 35.1 Å². The summed E-state index contributed by atoms with van der Waals surface area (Å²) < 4.78 is 0. The van der Waals surface area contributed by atoms with Crippen LogP contribution in [-0.4, -0.2) is 0 Å². The predicted molar refractivity (Wildman–Crippen MR) is 83.2 cm³/mol. The van der Waals surface area contributed by atoms with Crippen LogP contribution in [0.2, 0.25) is 0 Å². The Morgan fingerprint density at radius 3 is 1.21 bits per heavy atom. The van der Waals surface area contributed by atoms with E-state index in [-0.39, 0.29) is 72.8 Å². The predicted octanol–water partition coefficient (Wildman–Crippen LogP) is 5.73. The molecule has 2 heteroatoms. The van der Waals surface area contributed by atoms with Gasteiger partial charge in [0.25, 0.3) is 0 Å². The van der Waals surface area contributed by atoms with E-state index in [1.54, 1.807) is 0 Å². The number of allylic oxidation sites excluding steroid dienone is 8. The normalized spacial score (nSPS) is 12.0. The fraction of sp³-hybridized carbons (Fsp3) is 0.294. The van der Waals surface area contributed by atoms with Crippen molar-refractivity contribution >= 4 is 0 Å². The van der Waals surface area contributed by atoms with Crippen molar-refractivity contribution in [1.29, 1.82) is 0 Å². The van der Waals surface area contributed by atoms with Crippen molar-refractivity contribution in [1.82, 2.24) is 0 Å². The summed E-state index contributed by atoms with van der Waals surface area (Å²) in [5.74, 6) is 0. The van der Waals surface area contributed by atoms with Crippen molar-refractivity contribution in [3.8, 4) is 0 Å². The van der Waals surface area contributed by atoms with Crippen molar-refractivity contribution in [3.63, 3.8) is 0 Å². The van der Waals surface area contributed by atoms with E-state index < -0.39 is 0 Å². The Morgan fingerprint density at radius 1 is 0.789 bits per heavy atom. The average molecular weight is 410 g/mol. The summed E-state index contributed by atoms with van der Waals surface area (Å²) in [4.78, 5) is 0. The molecule has 0 atom stereocenters. The quantitative estimate of drug-likeness (QED) is 0.403. The Labute approximate surface area is 173 Å². The SMILES string of the molecule is C.[CH2-]C(=C/C)/C([CH2-])=C\C.[CH2-]C(C)=C([CH2-])/C=C\C.[Y].[Y]. The maximum absolute atomic E-state index is 3.76. The summed E-state index contributed by atoms with van der Waals surface area (Å²) in [7, 11) is 0. The minimum absolute atomic E-state index is 0. The second-order valence-electron chi connectivity index (χ2n) is 3.43. The Bertz CT molecular complexity index is 285. The molecule has 19 heavy (non-hydrogen) atoms. The average Bonchev–Trinajstić information content (AvgIpc) is 2.28. The van der Waals surface area contributed by atoms with Crippen LogP contribution in [0.25, 0.3) is 0 Å². The molecule has 0 amide bonds. The fourth-order valence-electron chi connectivity index (χ4n) is 0.714. The second kappa shape index (κ2) is 21.0. The van der Waals surface area contributed by atoms with E-state index in [9.17, 15) is 0 Å². The minimum Gasteiger partial charge on any atom is -0.345 e. The summed E-state index contributed by atoms with van der Waals surface area (Å²) in [5, 5.41) is 0. The maximum Gasteiger partial charge on any atom is 0 e. The first kappa shape index (κ1) is 31.8. The third-order valence-corrected chi connectivity index (χ3v) is 2.03. The van der Waals surface area contributed by atoms with Crippen LogP contribution < -0.4 is 0 Å². The van der Waals surface area contributed by atoms with Gasteiger partial charge in [0.1, 0.15) is 0 Å². The third-order valence-electron chi connectivity index (χ3n) is 2.03. The zero-order chi connectivity index (χ0) is 13.1. The van der Waals surface area contributed by atoms with Gasteiger partial charge in [0.15, 0.2) is 0 Å². The van der Waals surface area contributed by atoms with Gasteiger partial charge in [0.05, 0.1) is 0 Å². The van der Waals surface area contributed by atoms with Gasteiger partial charge >= 0.3 is 0 Å². The Kier molecular flexibility index (Phi) is 35.1.